The number of hydrogen-bond donors (Lipinski definition) is 1. The highest BCUT2D eigenvalue weighted by molar-refractivity contribution is 6.29. The van der Waals surface area contributed by atoms with Gasteiger partial charge in [-0.15, -0.1) is 0 Å². The first kappa shape index (κ1) is 14.1. The Morgan fingerprint density at radius 2 is 2.05 bits per heavy atom. The maximum atomic E-state index is 13.4. The average Bonchev–Trinajstić information content (AvgIpc) is 2.37. The number of benzene rings is 1. The highest BCUT2D eigenvalue weighted by Crippen LogP contribution is 2.17. The SMILES string of the molecule is COc1cc(Cl)nc(NC(=O)c2ccc(F)cc2F)n1. The minimum absolute atomic E-state index is 0.0479. The fourth-order valence-corrected chi connectivity index (χ4v) is 1.57. The maximum Gasteiger partial charge on any atom is 0.260 e. The lowest BCUT2D eigenvalue weighted by Gasteiger charge is -2.06. The predicted molar refractivity (Wildman–Crippen MR) is 67.9 cm³/mol. The van der Waals surface area contributed by atoms with E-state index in [1.807, 2.05) is 0 Å². The van der Waals surface area contributed by atoms with Crippen LogP contribution in [0, 0.1) is 11.6 Å². The number of aromatic nitrogens is 2. The summed E-state index contributed by atoms with van der Waals surface area (Å²) in [6.45, 7) is 0. The van der Waals surface area contributed by atoms with Gasteiger partial charge in [0.15, 0.2) is 0 Å². The zero-order valence-electron chi connectivity index (χ0n) is 10.2. The molecule has 0 aliphatic carbocycles. The number of halogens is 3. The molecule has 5 nitrogen and oxygen atoms in total. The van der Waals surface area contributed by atoms with Gasteiger partial charge in [0, 0.05) is 12.1 Å². The quantitative estimate of drug-likeness (QED) is 0.885. The van der Waals surface area contributed by atoms with E-state index in [1.54, 1.807) is 0 Å². The molecule has 0 spiro atoms. The molecule has 1 N–H and O–H groups in total. The lowest BCUT2D eigenvalue weighted by atomic mass is 10.2. The van der Waals surface area contributed by atoms with Gasteiger partial charge >= 0.3 is 0 Å². The molecule has 1 aromatic carbocycles. The molecule has 2 rings (SSSR count). The van der Waals surface area contributed by atoms with Crippen LogP contribution >= 0.6 is 11.6 Å². The molecule has 0 saturated heterocycles. The van der Waals surface area contributed by atoms with Crippen LogP contribution < -0.4 is 10.1 Å². The van der Waals surface area contributed by atoms with Crippen LogP contribution in [-0.4, -0.2) is 23.0 Å². The summed E-state index contributed by atoms with van der Waals surface area (Å²) in [7, 11) is 1.36. The molecular formula is C12H8ClF2N3O2. The van der Waals surface area contributed by atoms with Crippen molar-refractivity contribution in [2.45, 2.75) is 0 Å². The Bertz CT molecular complexity index is 667. The molecule has 1 heterocycles. The summed E-state index contributed by atoms with van der Waals surface area (Å²) in [4.78, 5) is 19.4. The third-order valence-corrected chi connectivity index (χ3v) is 2.48. The maximum absolute atomic E-state index is 13.4. The number of hydrogen-bond acceptors (Lipinski definition) is 4. The molecule has 0 aliphatic heterocycles. The molecule has 1 aromatic heterocycles. The van der Waals surface area contributed by atoms with Crippen LogP contribution in [0.2, 0.25) is 5.15 Å². The van der Waals surface area contributed by atoms with Crippen molar-refractivity contribution in [3.8, 4) is 5.88 Å². The third-order valence-electron chi connectivity index (χ3n) is 2.28. The van der Waals surface area contributed by atoms with Crippen molar-refractivity contribution >= 4 is 23.5 Å². The van der Waals surface area contributed by atoms with Gasteiger partial charge in [-0.05, 0) is 12.1 Å². The number of ether oxygens (including phenoxy) is 1. The zero-order valence-corrected chi connectivity index (χ0v) is 10.9. The van der Waals surface area contributed by atoms with E-state index in [1.165, 1.54) is 13.2 Å². The van der Waals surface area contributed by atoms with Gasteiger partial charge < -0.3 is 4.74 Å². The summed E-state index contributed by atoms with van der Waals surface area (Å²) in [6, 6.07) is 3.93. The van der Waals surface area contributed by atoms with Gasteiger partial charge in [0.05, 0.1) is 12.7 Å². The molecule has 104 valence electrons. The van der Waals surface area contributed by atoms with Crippen LogP contribution in [0.5, 0.6) is 5.88 Å². The lowest BCUT2D eigenvalue weighted by molar-refractivity contribution is 0.102. The van der Waals surface area contributed by atoms with Crippen molar-refractivity contribution in [2.24, 2.45) is 0 Å². The summed E-state index contributed by atoms with van der Waals surface area (Å²) >= 11 is 5.70. The van der Waals surface area contributed by atoms with Gasteiger partial charge in [0.1, 0.15) is 16.8 Å². The molecule has 20 heavy (non-hydrogen) atoms. The summed E-state index contributed by atoms with van der Waals surface area (Å²) in [5.41, 5.74) is -0.339. The van der Waals surface area contributed by atoms with Gasteiger partial charge in [-0.3, -0.25) is 10.1 Å². The van der Waals surface area contributed by atoms with Crippen molar-refractivity contribution in [1.82, 2.24) is 9.97 Å². The summed E-state index contributed by atoms with van der Waals surface area (Å²) in [6.07, 6.45) is 0. The van der Waals surface area contributed by atoms with Crippen molar-refractivity contribution in [3.63, 3.8) is 0 Å². The zero-order chi connectivity index (χ0) is 14.7. The van der Waals surface area contributed by atoms with E-state index in [0.29, 0.717) is 6.07 Å². The van der Waals surface area contributed by atoms with Crippen LogP contribution in [0.25, 0.3) is 0 Å². The molecule has 0 unspecified atom stereocenters. The lowest BCUT2D eigenvalue weighted by Crippen LogP contribution is -2.16. The number of carbonyl (C=O) groups is 1. The van der Waals surface area contributed by atoms with E-state index in [0.717, 1.165) is 12.1 Å². The molecule has 0 bridgehead atoms. The van der Waals surface area contributed by atoms with Crippen molar-refractivity contribution in [2.75, 3.05) is 12.4 Å². The smallest absolute Gasteiger partial charge is 0.260 e. The minimum Gasteiger partial charge on any atom is -0.481 e. The monoisotopic (exact) mass is 299 g/mol. The van der Waals surface area contributed by atoms with Crippen LogP contribution in [0.3, 0.4) is 0 Å². The van der Waals surface area contributed by atoms with Crippen LogP contribution in [0.1, 0.15) is 10.4 Å². The first-order valence-electron chi connectivity index (χ1n) is 5.34. The third kappa shape index (κ3) is 3.18. The Balaban J connectivity index is 2.25. The largest absolute Gasteiger partial charge is 0.481 e. The Labute approximate surface area is 117 Å². The Kier molecular flexibility index (Phi) is 4.09. The standard InChI is InChI=1S/C12H8ClF2N3O2/c1-20-10-5-9(13)16-12(17-10)18-11(19)7-3-2-6(14)4-8(7)15/h2-5H,1H3,(H,16,17,18,19). The Morgan fingerprint density at radius 1 is 1.30 bits per heavy atom. The molecule has 1 amide bonds. The summed E-state index contributed by atoms with van der Waals surface area (Å²) in [5, 5.41) is 2.29. The number of carbonyl (C=O) groups excluding carboxylic acids is 1. The first-order chi connectivity index (χ1) is 9.49. The fraction of sp³-hybridized carbons (Fsp3) is 0.0833. The molecular weight excluding hydrogens is 292 g/mol. The van der Waals surface area contributed by atoms with E-state index >= 15 is 0 Å². The van der Waals surface area contributed by atoms with Gasteiger partial charge in [-0.25, -0.2) is 13.8 Å². The van der Waals surface area contributed by atoms with Crippen molar-refractivity contribution in [1.29, 1.82) is 0 Å². The molecule has 8 heteroatoms. The van der Waals surface area contributed by atoms with Gasteiger partial charge in [0.2, 0.25) is 11.8 Å². The number of nitrogens with zero attached hydrogens (tertiary/aromatic N) is 2. The Hall–Kier alpha value is -2.28. The normalized spacial score (nSPS) is 10.2. The average molecular weight is 300 g/mol. The topological polar surface area (TPSA) is 64.1 Å². The number of anilines is 1. The van der Waals surface area contributed by atoms with Crippen LogP contribution in [-0.2, 0) is 0 Å². The van der Waals surface area contributed by atoms with Gasteiger partial charge in [-0.1, -0.05) is 11.6 Å². The number of amides is 1. The van der Waals surface area contributed by atoms with E-state index in [-0.39, 0.29) is 22.5 Å². The van der Waals surface area contributed by atoms with E-state index in [4.69, 9.17) is 16.3 Å². The van der Waals surface area contributed by atoms with Crippen LogP contribution in [0.15, 0.2) is 24.3 Å². The number of nitrogens with one attached hydrogen (secondary N) is 1. The highest BCUT2D eigenvalue weighted by atomic mass is 35.5. The van der Waals surface area contributed by atoms with Gasteiger partial charge in [-0.2, -0.15) is 4.98 Å². The number of methoxy groups -OCH3 is 1. The van der Waals surface area contributed by atoms with Crippen molar-refractivity contribution in [3.05, 3.63) is 46.6 Å². The number of rotatable bonds is 3. The second-order valence-electron chi connectivity index (χ2n) is 3.63. The van der Waals surface area contributed by atoms with Crippen LogP contribution in [0.4, 0.5) is 14.7 Å². The molecule has 0 saturated carbocycles. The molecule has 0 atom stereocenters. The van der Waals surface area contributed by atoms with E-state index in [2.05, 4.69) is 15.3 Å². The first-order valence-corrected chi connectivity index (χ1v) is 5.72. The second-order valence-corrected chi connectivity index (χ2v) is 4.02. The molecule has 0 radical (unpaired) electrons. The van der Waals surface area contributed by atoms with Crippen molar-refractivity contribution < 1.29 is 18.3 Å². The minimum atomic E-state index is -0.989. The molecule has 0 fully saturated rings. The molecule has 0 aliphatic rings. The van der Waals surface area contributed by atoms with Gasteiger partial charge in [0.25, 0.3) is 5.91 Å². The second kappa shape index (κ2) is 5.79. The summed E-state index contributed by atoms with van der Waals surface area (Å²) < 4.78 is 31.0. The van der Waals surface area contributed by atoms with E-state index < -0.39 is 17.5 Å². The predicted octanol–water partition coefficient (Wildman–Crippen LogP) is 2.67. The van der Waals surface area contributed by atoms with E-state index in [9.17, 15) is 13.6 Å². The molecule has 2 aromatic rings. The Morgan fingerprint density at radius 3 is 2.70 bits per heavy atom. The fourth-order valence-electron chi connectivity index (χ4n) is 1.40. The summed E-state index contributed by atoms with van der Waals surface area (Å²) in [5.74, 6) is -2.61. The highest BCUT2D eigenvalue weighted by Gasteiger charge is 2.14.